The fourth-order valence-corrected chi connectivity index (χ4v) is 5.08. The van der Waals surface area contributed by atoms with Gasteiger partial charge in [0, 0.05) is 37.0 Å². The number of nitrogens with zero attached hydrogens (tertiary/aromatic N) is 3. The number of nitrogens with one attached hydrogen (secondary N) is 2. The fraction of sp³-hybridized carbons (Fsp3) is 0.300. The lowest BCUT2D eigenvalue weighted by molar-refractivity contribution is -0.137. The predicted octanol–water partition coefficient (Wildman–Crippen LogP) is 4.14. The molecule has 7 nitrogen and oxygen atoms in total. The van der Waals surface area contributed by atoms with Crippen molar-refractivity contribution in [3.63, 3.8) is 0 Å². The van der Waals surface area contributed by atoms with Crippen LogP contribution in [-0.2, 0) is 16.2 Å². The Labute approximate surface area is 177 Å². The Bertz CT molecular complexity index is 1140. The van der Waals surface area contributed by atoms with Crippen LogP contribution in [0.2, 0.25) is 0 Å². The van der Waals surface area contributed by atoms with E-state index in [1.807, 2.05) is 24.3 Å². The molecule has 31 heavy (non-hydrogen) atoms. The standard InChI is InChI=1S/C20H20F3N5O2S/c21-20(22,23)15-4-3-5-16(12-15)31(29,30)28-10-7-14(8-11-28)17-13-19(27-26-17)25-18-6-1-2-9-24-18/h1-6,9,12-14H,7-8,10-11H2,(H2,24,25,26,27). The van der Waals surface area contributed by atoms with Crippen LogP contribution in [0.5, 0.6) is 0 Å². The number of anilines is 2. The molecule has 164 valence electrons. The van der Waals surface area contributed by atoms with E-state index >= 15 is 0 Å². The Morgan fingerprint density at radius 1 is 1.03 bits per heavy atom. The number of pyridine rings is 1. The first kappa shape index (κ1) is 21.3. The van der Waals surface area contributed by atoms with Gasteiger partial charge < -0.3 is 5.32 Å². The van der Waals surface area contributed by atoms with Gasteiger partial charge in [-0.05, 0) is 43.2 Å². The van der Waals surface area contributed by atoms with Crippen molar-refractivity contribution in [1.82, 2.24) is 19.5 Å². The van der Waals surface area contributed by atoms with E-state index in [0.29, 0.717) is 30.5 Å². The second-order valence-corrected chi connectivity index (χ2v) is 9.19. The molecule has 2 aromatic heterocycles. The maximum Gasteiger partial charge on any atom is 0.416 e. The molecule has 3 aromatic rings. The summed E-state index contributed by atoms with van der Waals surface area (Å²) < 4.78 is 65.8. The second kappa shape index (κ2) is 8.31. The zero-order valence-electron chi connectivity index (χ0n) is 16.3. The molecule has 1 fully saturated rings. The number of halogens is 3. The smallest absolute Gasteiger partial charge is 0.323 e. The Kier molecular flexibility index (Phi) is 5.71. The van der Waals surface area contributed by atoms with Gasteiger partial charge in [-0.3, -0.25) is 5.10 Å². The first-order chi connectivity index (χ1) is 14.7. The highest BCUT2D eigenvalue weighted by Gasteiger charge is 2.34. The van der Waals surface area contributed by atoms with Crippen LogP contribution in [0, 0.1) is 0 Å². The van der Waals surface area contributed by atoms with Gasteiger partial charge in [-0.15, -0.1) is 0 Å². The Morgan fingerprint density at radius 3 is 2.48 bits per heavy atom. The Morgan fingerprint density at radius 2 is 1.81 bits per heavy atom. The average Bonchev–Trinajstić information content (AvgIpc) is 3.22. The summed E-state index contributed by atoms with van der Waals surface area (Å²) in [5.41, 5.74) is -0.108. The minimum absolute atomic E-state index is 0.0692. The molecule has 0 saturated carbocycles. The first-order valence-electron chi connectivity index (χ1n) is 9.64. The molecule has 1 aliphatic rings. The van der Waals surface area contributed by atoms with E-state index in [1.165, 1.54) is 10.4 Å². The lowest BCUT2D eigenvalue weighted by Crippen LogP contribution is -2.38. The van der Waals surface area contributed by atoms with Crippen molar-refractivity contribution in [2.24, 2.45) is 0 Å². The minimum atomic E-state index is -4.60. The van der Waals surface area contributed by atoms with Crippen LogP contribution in [-0.4, -0.2) is 41.0 Å². The quantitative estimate of drug-likeness (QED) is 0.609. The summed E-state index contributed by atoms with van der Waals surface area (Å²) in [5, 5.41) is 10.3. The molecule has 0 unspecified atom stereocenters. The van der Waals surface area contributed by atoms with Crippen molar-refractivity contribution in [2.75, 3.05) is 18.4 Å². The van der Waals surface area contributed by atoms with Crippen LogP contribution < -0.4 is 5.32 Å². The van der Waals surface area contributed by atoms with E-state index in [1.54, 1.807) is 6.20 Å². The van der Waals surface area contributed by atoms with Gasteiger partial charge in [-0.25, -0.2) is 13.4 Å². The van der Waals surface area contributed by atoms with Gasteiger partial charge in [0.05, 0.1) is 10.5 Å². The number of sulfonamides is 1. The maximum atomic E-state index is 12.9. The average molecular weight is 451 g/mol. The van der Waals surface area contributed by atoms with E-state index in [2.05, 4.69) is 20.5 Å². The second-order valence-electron chi connectivity index (χ2n) is 7.25. The molecule has 0 amide bonds. The van der Waals surface area contributed by atoms with Gasteiger partial charge >= 0.3 is 6.18 Å². The number of hydrogen-bond donors (Lipinski definition) is 2. The number of piperidine rings is 1. The molecule has 0 bridgehead atoms. The predicted molar refractivity (Wildman–Crippen MR) is 108 cm³/mol. The van der Waals surface area contributed by atoms with Crippen molar-refractivity contribution in [1.29, 1.82) is 0 Å². The normalized spacial score (nSPS) is 16.4. The molecule has 1 aromatic carbocycles. The molecule has 0 atom stereocenters. The molecule has 0 aliphatic carbocycles. The van der Waals surface area contributed by atoms with Crippen molar-refractivity contribution < 1.29 is 21.6 Å². The summed E-state index contributed by atoms with van der Waals surface area (Å²) in [5.74, 6) is 1.33. The fourth-order valence-electron chi connectivity index (χ4n) is 3.57. The highest BCUT2D eigenvalue weighted by molar-refractivity contribution is 7.89. The number of H-pyrrole nitrogens is 1. The largest absolute Gasteiger partial charge is 0.416 e. The molecule has 1 saturated heterocycles. The maximum absolute atomic E-state index is 12.9. The number of alkyl halides is 3. The van der Waals surface area contributed by atoms with Crippen LogP contribution in [0.1, 0.15) is 30.0 Å². The molecule has 2 N–H and O–H groups in total. The van der Waals surface area contributed by atoms with Gasteiger partial charge in [0.25, 0.3) is 0 Å². The van der Waals surface area contributed by atoms with E-state index in [4.69, 9.17) is 0 Å². The molecular weight excluding hydrogens is 431 g/mol. The first-order valence-corrected chi connectivity index (χ1v) is 11.1. The van der Waals surface area contributed by atoms with Crippen molar-refractivity contribution in [3.8, 4) is 0 Å². The van der Waals surface area contributed by atoms with Gasteiger partial charge in [0.1, 0.15) is 5.82 Å². The molecular formula is C20H20F3N5O2S. The molecule has 4 rings (SSSR count). The summed E-state index contributed by atoms with van der Waals surface area (Å²) >= 11 is 0. The van der Waals surface area contributed by atoms with Crippen molar-refractivity contribution in [2.45, 2.75) is 29.8 Å². The lowest BCUT2D eigenvalue weighted by Gasteiger charge is -2.30. The lowest BCUT2D eigenvalue weighted by atomic mass is 9.95. The topological polar surface area (TPSA) is 91.0 Å². The monoisotopic (exact) mass is 451 g/mol. The number of benzene rings is 1. The molecule has 11 heteroatoms. The van der Waals surface area contributed by atoms with Crippen LogP contribution in [0.4, 0.5) is 24.8 Å². The zero-order chi connectivity index (χ0) is 22.1. The van der Waals surface area contributed by atoms with Gasteiger partial charge in [-0.1, -0.05) is 12.1 Å². The SMILES string of the molecule is O=S(=O)(c1cccc(C(F)(F)F)c1)N1CCC(c2cc(Nc3ccccn3)n[nH]2)CC1. The van der Waals surface area contributed by atoms with Gasteiger partial charge in [0.15, 0.2) is 5.82 Å². The van der Waals surface area contributed by atoms with E-state index in [9.17, 15) is 21.6 Å². The van der Waals surface area contributed by atoms with Crippen LogP contribution >= 0.6 is 0 Å². The third-order valence-corrected chi connectivity index (χ3v) is 7.11. The number of aromatic amines is 1. The minimum Gasteiger partial charge on any atom is -0.323 e. The van der Waals surface area contributed by atoms with Gasteiger partial charge in [-0.2, -0.15) is 22.6 Å². The van der Waals surface area contributed by atoms with Crippen LogP contribution in [0.3, 0.4) is 0 Å². The third kappa shape index (κ3) is 4.72. The summed E-state index contributed by atoms with van der Waals surface area (Å²) in [6.07, 6.45) is -1.87. The zero-order valence-corrected chi connectivity index (χ0v) is 17.1. The Hall–Kier alpha value is -2.92. The Balaban J connectivity index is 1.42. The summed E-state index contributed by atoms with van der Waals surface area (Å²) in [6.45, 7) is 0.427. The van der Waals surface area contributed by atoms with Crippen molar-refractivity contribution in [3.05, 3.63) is 66.0 Å². The van der Waals surface area contributed by atoms with E-state index < -0.39 is 21.8 Å². The van der Waals surface area contributed by atoms with E-state index in [-0.39, 0.29) is 23.9 Å². The van der Waals surface area contributed by atoms with Crippen LogP contribution in [0.25, 0.3) is 0 Å². The van der Waals surface area contributed by atoms with E-state index in [0.717, 1.165) is 17.8 Å². The summed E-state index contributed by atoms with van der Waals surface area (Å²) in [4.78, 5) is 3.83. The number of aromatic nitrogens is 3. The summed E-state index contributed by atoms with van der Waals surface area (Å²) in [7, 11) is -4.00. The highest BCUT2D eigenvalue weighted by atomic mass is 32.2. The third-order valence-electron chi connectivity index (χ3n) is 5.21. The van der Waals surface area contributed by atoms with Crippen molar-refractivity contribution >= 4 is 21.7 Å². The molecule has 0 spiro atoms. The van der Waals surface area contributed by atoms with Gasteiger partial charge in [0.2, 0.25) is 10.0 Å². The molecule has 0 radical (unpaired) electrons. The van der Waals surface area contributed by atoms with Crippen LogP contribution in [0.15, 0.2) is 59.6 Å². The molecule has 1 aliphatic heterocycles. The summed E-state index contributed by atoms with van der Waals surface area (Å²) in [6, 6.07) is 11.2. The molecule has 3 heterocycles. The number of hydrogen-bond acceptors (Lipinski definition) is 5. The highest BCUT2D eigenvalue weighted by Crippen LogP contribution is 2.33. The number of rotatable bonds is 5.